The molecule has 0 atom stereocenters. The van der Waals surface area contributed by atoms with Crippen molar-refractivity contribution in [3.8, 4) is 0 Å². The van der Waals surface area contributed by atoms with E-state index in [0.717, 1.165) is 61.5 Å². The molecule has 0 unspecified atom stereocenters. The number of nitrogens with two attached hydrogens (primary N) is 2. The van der Waals surface area contributed by atoms with Gasteiger partial charge in [-0.2, -0.15) is 0 Å². The number of nitrogens with zero attached hydrogens (tertiary/aromatic N) is 2. The zero-order chi connectivity index (χ0) is 24.1. The summed E-state index contributed by atoms with van der Waals surface area (Å²) in [5.41, 5.74) is 6.44. The van der Waals surface area contributed by atoms with Crippen LogP contribution in [0.3, 0.4) is 0 Å². The van der Waals surface area contributed by atoms with Gasteiger partial charge in [0.2, 0.25) is 20.0 Å². The number of sulfonamides is 2. The van der Waals surface area contributed by atoms with Gasteiger partial charge in [-0.3, -0.25) is 0 Å². The van der Waals surface area contributed by atoms with E-state index in [0.29, 0.717) is 0 Å². The van der Waals surface area contributed by atoms with E-state index >= 15 is 0 Å². The lowest BCUT2D eigenvalue weighted by Crippen LogP contribution is -2.21. The zero-order valence-corrected chi connectivity index (χ0v) is 20.1. The molecule has 2 aliphatic heterocycles. The highest BCUT2D eigenvalue weighted by Crippen LogP contribution is 2.32. The Kier molecular flexibility index (Phi) is 5.64. The van der Waals surface area contributed by atoms with Crippen molar-refractivity contribution in [2.45, 2.75) is 35.7 Å². The lowest BCUT2D eigenvalue weighted by Gasteiger charge is -2.21. The van der Waals surface area contributed by atoms with Crippen LogP contribution in [0.15, 0.2) is 70.5 Å². The summed E-state index contributed by atoms with van der Waals surface area (Å²) in [6, 6.07) is 18.6. The largest absolute Gasteiger partial charge is 0.367 e. The third-order valence-electron chi connectivity index (χ3n) is 6.51. The van der Waals surface area contributed by atoms with Crippen LogP contribution in [0.2, 0.25) is 0 Å². The van der Waals surface area contributed by atoms with Gasteiger partial charge in [0.15, 0.2) is 0 Å². The standard InChI is InChI=1S/C24H26N4O4S2/c25-33(29,30)21-5-7-23-19(13-21)9-11-27(23)15-17-1-2-18(4-3-17)16-28-12-10-20-14-22(34(26,31)32)6-8-24(20)28/h1-8,13-14H,9-12,15-16H2,(H2,25,29,30)(H2,26,31,32). The van der Waals surface area contributed by atoms with Crippen LogP contribution in [0.25, 0.3) is 0 Å². The Morgan fingerprint density at radius 2 is 1.00 bits per heavy atom. The molecule has 0 spiro atoms. The van der Waals surface area contributed by atoms with Crippen LogP contribution in [0.1, 0.15) is 22.3 Å². The summed E-state index contributed by atoms with van der Waals surface area (Å²) in [5, 5.41) is 10.5. The highest BCUT2D eigenvalue weighted by molar-refractivity contribution is 7.89. The topological polar surface area (TPSA) is 127 Å². The van der Waals surface area contributed by atoms with Gasteiger partial charge in [-0.1, -0.05) is 24.3 Å². The summed E-state index contributed by atoms with van der Waals surface area (Å²) in [6.07, 6.45) is 1.58. The van der Waals surface area contributed by atoms with Crippen molar-refractivity contribution in [2.75, 3.05) is 22.9 Å². The van der Waals surface area contributed by atoms with Gasteiger partial charge >= 0.3 is 0 Å². The maximum atomic E-state index is 11.6. The van der Waals surface area contributed by atoms with Crippen LogP contribution >= 0.6 is 0 Å². The molecule has 0 amide bonds. The fraction of sp³-hybridized carbons (Fsp3) is 0.250. The Labute approximate surface area is 199 Å². The normalized spacial score (nSPS) is 15.5. The molecule has 5 rings (SSSR count). The maximum Gasteiger partial charge on any atom is 0.238 e. The third-order valence-corrected chi connectivity index (χ3v) is 8.33. The van der Waals surface area contributed by atoms with E-state index in [4.69, 9.17) is 10.3 Å². The predicted molar refractivity (Wildman–Crippen MR) is 132 cm³/mol. The number of hydrogen-bond acceptors (Lipinski definition) is 6. The molecule has 2 heterocycles. The molecule has 178 valence electrons. The summed E-state index contributed by atoms with van der Waals surface area (Å²) in [5.74, 6) is 0. The molecular formula is C24H26N4O4S2. The second-order valence-electron chi connectivity index (χ2n) is 8.83. The van der Waals surface area contributed by atoms with Crippen molar-refractivity contribution in [3.63, 3.8) is 0 Å². The maximum absolute atomic E-state index is 11.6. The smallest absolute Gasteiger partial charge is 0.238 e. The third kappa shape index (κ3) is 4.54. The molecule has 0 saturated heterocycles. The summed E-state index contributed by atoms with van der Waals surface area (Å²) in [6.45, 7) is 3.14. The van der Waals surface area contributed by atoms with Gasteiger partial charge in [0, 0.05) is 37.6 Å². The molecule has 0 saturated carbocycles. The van der Waals surface area contributed by atoms with Crippen molar-refractivity contribution < 1.29 is 16.8 Å². The van der Waals surface area contributed by atoms with E-state index in [2.05, 4.69) is 34.1 Å². The van der Waals surface area contributed by atoms with Crippen LogP contribution < -0.4 is 20.1 Å². The van der Waals surface area contributed by atoms with E-state index in [-0.39, 0.29) is 9.79 Å². The number of anilines is 2. The Bertz CT molecular complexity index is 1360. The van der Waals surface area contributed by atoms with Gasteiger partial charge in [0.05, 0.1) is 9.79 Å². The monoisotopic (exact) mass is 498 g/mol. The number of primary sulfonamides is 2. The summed E-state index contributed by atoms with van der Waals surface area (Å²) in [4.78, 5) is 4.80. The first kappa shape index (κ1) is 22.9. The molecule has 0 aliphatic carbocycles. The van der Waals surface area contributed by atoms with E-state index < -0.39 is 20.0 Å². The average Bonchev–Trinajstić information content (AvgIpc) is 3.37. The van der Waals surface area contributed by atoms with Gasteiger partial charge in [0.25, 0.3) is 0 Å². The second kappa shape index (κ2) is 8.38. The summed E-state index contributed by atoms with van der Waals surface area (Å²) in [7, 11) is -7.40. The van der Waals surface area contributed by atoms with Crippen LogP contribution in [-0.2, 0) is 46.0 Å². The van der Waals surface area contributed by atoms with Gasteiger partial charge < -0.3 is 9.80 Å². The molecular weight excluding hydrogens is 472 g/mol. The minimum Gasteiger partial charge on any atom is -0.367 e. The molecule has 2 aliphatic rings. The Morgan fingerprint density at radius 3 is 1.35 bits per heavy atom. The summed E-state index contributed by atoms with van der Waals surface area (Å²) < 4.78 is 46.5. The van der Waals surface area contributed by atoms with Crippen molar-refractivity contribution in [1.29, 1.82) is 0 Å². The molecule has 8 nitrogen and oxygen atoms in total. The number of benzene rings is 3. The highest BCUT2D eigenvalue weighted by atomic mass is 32.2. The average molecular weight is 499 g/mol. The van der Waals surface area contributed by atoms with Crippen LogP contribution in [-0.4, -0.2) is 29.9 Å². The number of hydrogen-bond donors (Lipinski definition) is 2. The quantitative estimate of drug-likeness (QED) is 0.536. The summed E-state index contributed by atoms with van der Waals surface area (Å²) >= 11 is 0. The molecule has 0 radical (unpaired) electrons. The molecule has 0 fully saturated rings. The van der Waals surface area contributed by atoms with Crippen molar-refractivity contribution in [2.24, 2.45) is 10.3 Å². The first-order chi connectivity index (χ1) is 16.1. The first-order valence-corrected chi connectivity index (χ1v) is 14.1. The zero-order valence-electron chi connectivity index (χ0n) is 18.5. The minimum absolute atomic E-state index is 0.154. The van der Waals surface area contributed by atoms with Gasteiger partial charge in [-0.25, -0.2) is 27.1 Å². The lowest BCUT2D eigenvalue weighted by molar-refractivity contribution is 0.596. The first-order valence-electron chi connectivity index (χ1n) is 11.0. The second-order valence-corrected chi connectivity index (χ2v) is 12.0. The minimum atomic E-state index is -3.70. The van der Waals surface area contributed by atoms with E-state index in [1.54, 1.807) is 24.3 Å². The number of rotatable bonds is 6. The number of fused-ring (bicyclic) bond motifs is 2. The van der Waals surface area contributed by atoms with Crippen LogP contribution in [0, 0.1) is 0 Å². The Morgan fingerprint density at radius 1 is 0.618 bits per heavy atom. The molecule has 3 aromatic carbocycles. The van der Waals surface area contributed by atoms with E-state index in [1.165, 1.54) is 11.1 Å². The molecule has 3 aromatic rings. The molecule has 0 aromatic heterocycles. The van der Waals surface area contributed by atoms with Gasteiger partial charge in [-0.05, 0) is 71.5 Å². The van der Waals surface area contributed by atoms with Gasteiger partial charge in [0.1, 0.15) is 0 Å². The van der Waals surface area contributed by atoms with E-state index in [1.807, 2.05) is 12.1 Å². The van der Waals surface area contributed by atoms with Crippen LogP contribution in [0.4, 0.5) is 11.4 Å². The SMILES string of the molecule is NS(=O)(=O)c1ccc2c(c1)CCN2Cc1ccc(CN2CCc3cc(S(N)(=O)=O)ccc32)cc1. The Hall–Kier alpha value is -2.92. The van der Waals surface area contributed by atoms with E-state index in [9.17, 15) is 16.8 Å². The fourth-order valence-electron chi connectivity index (χ4n) is 4.77. The molecule has 4 N–H and O–H groups in total. The van der Waals surface area contributed by atoms with Crippen LogP contribution in [0.5, 0.6) is 0 Å². The highest BCUT2D eigenvalue weighted by Gasteiger charge is 2.23. The predicted octanol–water partition coefficient (Wildman–Crippen LogP) is 2.11. The Balaban J connectivity index is 1.26. The van der Waals surface area contributed by atoms with Gasteiger partial charge in [-0.15, -0.1) is 0 Å². The molecule has 34 heavy (non-hydrogen) atoms. The molecule has 10 heteroatoms. The van der Waals surface area contributed by atoms with Crippen molar-refractivity contribution in [3.05, 3.63) is 82.9 Å². The lowest BCUT2D eigenvalue weighted by atomic mass is 10.1. The van der Waals surface area contributed by atoms with Crippen molar-refractivity contribution in [1.82, 2.24) is 0 Å². The molecule has 0 bridgehead atoms. The fourth-order valence-corrected chi connectivity index (χ4v) is 5.89. The van der Waals surface area contributed by atoms with Crippen molar-refractivity contribution >= 4 is 31.4 Å².